The Morgan fingerprint density at radius 1 is 1.08 bits per heavy atom. The Kier molecular flexibility index (Phi) is 8.67. The van der Waals surface area contributed by atoms with Crippen molar-refractivity contribution >= 4 is 29.9 Å². The smallest absolute Gasteiger partial charge is 0.191 e. The van der Waals surface area contributed by atoms with Gasteiger partial charge in [0.1, 0.15) is 0 Å². The highest BCUT2D eigenvalue weighted by Crippen LogP contribution is 2.11. The molecule has 2 N–H and O–H groups in total. The molecule has 0 spiro atoms. The molecule has 6 heteroatoms. The molecule has 0 atom stereocenters. The van der Waals surface area contributed by atoms with Crippen LogP contribution in [0, 0.1) is 18.6 Å². The molecule has 0 aliphatic heterocycles. The first-order chi connectivity index (χ1) is 11.1. The lowest BCUT2D eigenvalue weighted by atomic mass is 10.1. The normalized spacial score (nSPS) is 10.9. The van der Waals surface area contributed by atoms with Crippen LogP contribution in [0.25, 0.3) is 0 Å². The van der Waals surface area contributed by atoms with Gasteiger partial charge in [-0.2, -0.15) is 0 Å². The van der Waals surface area contributed by atoms with Crippen LogP contribution < -0.4 is 10.6 Å². The van der Waals surface area contributed by atoms with Gasteiger partial charge in [0, 0.05) is 20.1 Å². The summed E-state index contributed by atoms with van der Waals surface area (Å²) < 4.78 is 26.7. The Balaban J connectivity index is 0.00000288. The van der Waals surface area contributed by atoms with Crippen LogP contribution in [0.5, 0.6) is 0 Å². The molecule has 0 radical (unpaired) electrons. The lowest BCUT2D eigenvalue weighted by Crippen LogP contribution is -2.37. The number of guanidine groups is 1. The highest BCUT2D eigenvalue weighted by atomic mass is 127. The van der Waals surface area contributed by atoms with Gasteiger partial charge in [0.05, 0.1) is 0 Å². The summed E-state index contributed by atoms with van der Waals surface area (Å²) in [6.07, 6.45) is 0.384. The van der Waals surface area contributed by atoms with Crippen LogP contribution in [-0.4, -0.2) is 19.6 Å². The van der Waals surface area contributed by atoms with Gasteiger partial charge in [-0.3, -0.25) is 4.99 Å². The fourth-order valence-electron chi connectivity index (χ4n) is 2.29. The zero-order valence-electron chi connectivity index (χ0n) is 13.8. The van der Waals surface area contributed by atoms with E-state index in [-0.39, 0.29) is 24.0 Å². The minimum atomic E-state index is -0.815. The van der Waals surface area contributed by atoms with E-state index in [0.29, 0.717) is 31.0 Å². The fourth-order valence-corrected chi connectivity index (χ4v) is 2.29. The average molecular weight is 445 g/mol. The molecule has 0 unspecified atom stereocenters. The lowest BCUT2D eigenvalue weighted by Gasteiger charge is -2.12. The standard InChI is InChI=1S/C18H21F2N3.HI/c1-13-5-3-6-14(11-13)12-23-18(21-2)22-10-9-15-7-4-8-16(19)17(15)20;/h3-8,11H,9-10,12H2,1-2H3,(H2,21,22,23);1H. The number of aliphatic imine (C=N–C) groups is 1. The van der Waals surface area contributed by atoms with Crippen molar-refractivity contribution in [3.63, 3.8) is 0 Å². The van der Waals surface area contributed by atoms with Gasteiger partial charge in [0.2, 0.25) is 0 Å². The van der Waals surface area contributed by atoms with Gasteiger partial charge in [0.25, 0.3) is 0 Å². The maximum Gasteiger partial charge on any atom is 0.191 e. The van der Waals surface area contributed by atoms with Crippen molar-refractivity contribution in [2.45, 2.75) is 19.9 Å². The highest BCUT2D eigenvalue weighted by Gasteiger charge is 2.07. The SMILES string of the molecule is CN=C(NCCc1cccc(F)c1F)NCc1cccc(C)c1.I. The molecule has 24 heavy (non-hydrogen) atoms. The van der Waals surface area contributed by atoms with E-state index < -0.39 is 11.6 Å². The van der Waals surface area contributed by atoms with Gasteiger partial charge in [-0.1, -0.05) is 42.0 Å². The Bertz CT molecular complexity index is 690. The van der Waals surface area contributed by atoms with Crippen LogP contribution in [0.3, 0.4) is 0 Å². The van der Waals surface area contributed by atoms with Crippen molar-refractivity contribution in [1.29, 1.82) is 0 Å². The first kappa shape index (κ1) is 20.3. The number of benzene rings is 2. The van der Waals surface area contributed by atoms with Crippen LogP contribution in [0.2, 0.25) is 0 Å². The van der Waals surface area contributed by atoms with E-state index in [1.165, 1.54) is 11.6 Å². The fraction of sp³-hybridized carbons (Fsp3) is 0.278. The second-order valence-electron chi connectivity index (χ2n) is 5.30. The largest absolute Gasteiger partial charge is 0.356 e. The molecule has 130 valence electrons. The van der Waals surface area contributed by atoms with E-state index in [2.05, 4.69) is 21.7 Å². The van der Waals surface area contributed by atoms with Crippen molar-refractivity contribution in [3.05, 3.63) is 70.8 Å². The lowest BCUT2D eigenvalue weighted by molar-refractivity contribution is 0.498. The molecule has 0 saturated carbocycles. The zero-order chi connectivity index (χ0) is 16.7. The van der Waals surface area contributed by atoms with Crippen LogP contribution in [0.4, 0.5) is 8.78 Å². The summed E-state index contributed by atoms with van der Waals surface area (Å²) in [4.78, 5) is 4.12. The molecule has 0 bridgehead atoms. The summed E-state index contributed by atoms with van der Waals surface area (Å²) in [5, 5.41) is 6.30. The molecule has 0 amide bonds. The summed E-state index contributed by atoms with van der Waals surface area (Å²) in [6, 6.07) is 12.4. The van der Waals surface area contributed by atoms with Crippen LogP contribution in [0.1, 0.15) is 16.7 Å². The van der Waals surface area contributed by atoms with Crippen LogP contribution >= 0.6 is 24.0 Å². The predicted octanol–water partition coefficient (Wildman–Crippen LogP) is 3.80. The van der Waals surface area contributed by atoms with E-state index in [1.807, 2.05) is 25.1 Å². The van der Waals surface area contributed by atoms with Gasteiger partial charge in [-0.05, 0) is 30.5 Å². The number of nitrogens with one attached hydrogen (secondary N) is 2. The first-order valence-electron chi connectivity index (χ1n) is 7.53. The summed E-state index contributed by atoms with van der Waals surface area (Å²) in [5.74, 6) is -0.968. The molecule has 0 fully saturated rings. The molecular formula is C18H22F2IN3. The minimum absolute atomic E-state index is 0. The van der Waals surface area contributed by atoms with Crippen molar-refractivity contribution in [1.82, 2.24) is 10.6 Å². The average Bonchev–Trinajstić information content (AvgIpc) is 2.54. The topological polar surface area (TPSA) is 36.4 Å². The molecule has 0 heterocycles. The third kappa shape index (κ3) is 6.07. The third-order valence-electron chi connectivity index (χ3n) is 3.48. The van der Waals surface area contributed by atoms with Gasteiger partial charge in [-0.15, -0.1) is 24.0 Å². The molecular weight excluding hydrogens is 423 g/mol. The van der Waals surface area contributed by atoms with Crippen molar-refractivity contribution in [3.8, 4) is 0 Å². The molecule has 3 nitrogen and oxygen atoms in total. The first-order valence-corrected chi connectivity index (χ1v) is 7.53. The summed E-state index contributed by atoms with van der Waals surface area (Å²) in [6.45, 7) is 3.16. The highest BCUT2D eigenvalue weighted by molar-refractivity contribution is 14.0. The Hall–Kier alpha value is -1.70. The number of halogens is 3. The van der Waals surface area contributed by atoms with E-state index >= 15 is 0 Å². The van der Waals surface area contributed by atoms with Crippen LogP contribution in [-0.2, 0) is 13.0 Å². The Morgan fingerprint density at radius 2 is 1.83 bits per heavy atom. The van der Waals surface area contributed by atoms with Crippen LogP contribution in [0.15, 0.2) is 47.5 Å². The number of nitrogens with zero attached hydrogens (tertiary/aromatic N) is 1. The quantitative estimate of drug-likeness (QED) is 0.418. The molecule has 2 aromatic carbocycles. The van der Waals surface area contributed by atoms with Crippen molar-refractivity contribution in [2.24, 2.45) is 4.99 Å². The Morgan fingerprint density at radius 3 is 2.54 bits per heavy atom. The van der Waals surface area contributed by atoms with Crippen molar-refractivity contribution in [2.75, 3.05) is 13.6 Å². The van der Waals surface area contributed by atoms with Gasteiger partial charge in [-0.25, -0.2) is 8.78 Å². The number of hydrogen-bond acceptors (Lipinski definition) is 1. The summed E-state index contributed by atoms with van der Waals surface area (Å²) in [5.41, 5.74) is 2.71. The van der Waals surface area contributed by atoms with Gasteiger partial charge < -0.3 is 10.6 Å². The number of aryl methyl sites for hydroxylation is 1. The van der Waals surface area contributed by atoms with E-state index in [1.54, 1.807) is 13.1 Å². The van der Waals surface area contributed by atoms with Crippen molar-refractivity contribution < 1.29 is 8.78 Å². The second kappa shape index (κ2) is 10.2. The molecule has 0 aliphatic carbocycles. The predicted molar refractivity (Wildman–Crippen MR) is 105 cm³/mol. The molecule has 0 saturated heterocycles. The van der Waals surface area contributed by atoms with Gasteiger partial charge >= 0.3 is 0 Å². The summed E-state index contributed by atoms with van der Waals surface area (Å²) >= 11 is 0. The molecule has 2 aromatic rings. The molecule has 0 aromatic heterocycles. The van der Waals surface area contributed by atoms with E-state index in [9.17, 15) is 8.78 Å². The van der Waals surface area contributed by atoms with Gasteiger partial charge in [0.15, 0.2) is 17.6 Å². The third-order valence-corrected chi connectivity index (χ3v) is 3.48. The number of hydrogen-bond donors (Lipinski definition) is 2. The Labute approximate surface area is 158 Å². The summed E-state index contributed by atoms with van der Waals surface area (Å²) in [7, 11) is 1.67. The minimum Gasteiger partial charge on any atom is -0.356 e. The maximum absolute atomic E-state index is 13.6. The maximum atomic E-state index is 13.6. The van der Waals surface area contributed by atoms with E-state index in [4.69, 9.17) is 0 Å². The number of rotatable bonds is 5. The second-order valence-corrected chi connectivity index (χ2v) is 5.30. The zero-order valence-corrected chi connectivity index (χ0v) is 16.1. The molecule has 0 aliphatic rings. The monoisotopic (exact) mass is 445 g/mol. The molecule has 2 rings (SSSR count). The van der Waals surface area contributed by atoms with E-state index in [0.717, 1.165) is 11.6 Å².